The smallest absolute Gasteiger partial charge is 0.137 e. The van der Waals surface area contributed by atoms with Gasteiger partial charge in [0.05, 0.1) is 5.52 Å². The first-order chi connectivity index (χ1) is 14.6. The minimum absolute atomic E-state index is 0.00610. The van der Waals surface area contributed by atoms with E-state index in [1.807, 2.05) is 30.7 Å². The highest BCUT2D eigenvalue weighted by Crippen LogP contribution is 2.51. The lowest BCUT2D eigenvalue weighted by atomic mass is 9.82. The molecule has 3 aromatic heterocycles. The molecule has 0 aliphatic heterocycles. The zero-order chi connectivity index (χ0) is 20.3. The van der Waals surface area contributed by atoms with E-state index < -0.39 is 0 Å². The molecule has 0 saturated carbocycles. The molecule has 0 spiro atoms. The van der Waals surface area contributed by atoms with Crippen LogP contribution in [0, 0.1) is 0 Å². The van der Waals surface area contributed by atoms with Crippen LogP contribution >= 0.6 is 0 Å². The first-order valence-electron chi connectivity index (χ1n) is 10.3. The van der Waals surface area contributed by atoms with Crippen LogP contribution in [0.5, 0.6) is 0 Å². The van der Waals surface area contributed by atoms with E-state index in [9.17, 15) is 0 Å². The van der Waals surface area contributed by atoms with Crippen molar-refractivity contribution in [1.82, 2.24) is 14.5 Å². The molecule has 0 N–H and O–H groups in total. The normalized spacial score (nSPS) is 13.9. The van der Waals surface area contributed by atoms with Crippen molar-refractivity contribution in [3.05, 3.63) is 103 Å². The minimum Gasteiger partial charge on any atom is -0.301 e. The lowest BCUT2D eigenvalue weighted by Crippen LogP contribution is -2.14. The number of fused-ring (bicyclic) bond motifs is 5. The number of rotatable bonds is 2. The van der Waals surface area contributed by atoms with Crippen LogP contribution in [0.25, 0.3) is 39.0 Å². The summed E-state index contributed by atoms with van der Waals surface area (Å²) in [5.74, 6) is 0.929. The quantitative estimate of drug-likeness (QED) is 0.351. The summed E-state index contributed by atoms with van der Waals surface area (Å²) in [6, 6.07) is 23.7. The molecule has 30 heavy (non-hydrogen) atoms. The Hall–Kier alpha value is -3.72. The fraction of sp³-hybridized carbons (Fsp3) is 0.111. The highest BCUT2D eigenvalue weighted by molar-refractivity contribution is 6.01. The van der Waals surface area contributed by atoms with E-state index in [2.05, 4.69) is 84.2 Å². The van der Waals surface area contributed by atoms with Gasteiger partial charge in [-0.15, -0.1) is 0 Å². The maximum absolute atomic E-state index is 4.81. The van der Waals surface area contributed by atoms with E-state index in [1.54, 1.807) is 0 Å². The van der Waals surface area contributed by atoms with Gasteiger partial charge in [0.15, 0.2) is 0 Å². The van der Waals surface area contributed by atoms with E-state index in [1.165, 1.54) is 33.2 Å². The fourth-order valence-corrected chi connectivity index (χ4v) is 4.85. The van der Waals surface area contributed by atoms with Gasteiger partial charge in [-0.1, -0.05) is 50.2 Å². The van der Waals surface area contributed by atoms with Crippen molar-refractivity contribution < 1.29 is 0 Å². The van der Waals surface area contributed by atoms with Gasteiger partial charge in [-0.25, -0.2) is 4.98 Å². The average molecular weight is 387 g/mol. The average Bonchev–Trinajstić information content (AvgIpc) is 3.32. The minimum atomic E-state index is -0.00610. The molecule has 0 atom stereocenters. The highest BCUT2D eigenvalue weighted by Gasteiger charge is 2.36. The predicted octanol–water partition coefficient (Wildman–Crippen LogP) is 6.39. The third-order valence-corrected chi connectivity index (χ3v) is 6.40. The largest absolute Gasteiger partial charge is 0.301 e. The summed E-state index contributed by atoms with van der Waals surface area (Å²) in [6.45, 7) is 4.64. The molecule has 5 aromatic rings. The van der Waals surface area contributed by atoms with Crippen LogP contribution in [-0.4, -0.2) is 14.5 Å². The topological polar surface area (TPSA) is 30.7 Å². The number of pyridine rings is 2. The van der Waals surface area contributed by atoms with Crippen molar-refractivity contribution in [3.63, 3.8) is 0 Å². The van der Waals surface area contributed by atoms with Crippen molar-refractivity contribution in [1.29, 1.82) is 0 Å². The number of hydrogen-bond donors (Lipinski definition) is 0. The van der Waals surface area contributed by atoms with Gasteiger partial charge in [-0.3, -0.25) is 4.98 Å². The van der Waals surface area contributed by atoms with E-state index in [4.69, 9.17) is 4.98 Å². The maximum Gasteiger partial charge on any atom is 0.137 e. The summed E-state index contributed by atoms with van der Waals surface area (Å²) in [7, 11) is 0. The zero-order valence-electron chi connectivity index (χ0n) is 17.0. The monoisotopic (exact) mass is 387 g/mol. The molecule has 0 fully saturated rings. The molecule has 144 valence electrons. The number of benzene rings is 2. The standard InChI is InChI=1S/C27H21N3/c1-27(2)22-6-4-3-5-21(22)25-23(27)9-7-19-13-16-30(26(19)25)24-10-8-20(17-29-24)18-11-14-28-15-12-18/h3-17H,1-2H3. The second kappa shape index (κ2) is 6.14. The molecule has 2 aromatic carbocycles. The van der Waals surface area contributed by atoms with Gasteiger partial charge in [0.25, 0.3) is 0 Å². The van der Waals surface area contributed by atoms with Crippen LogP contribution in [0.4, 0.5) is 0 Å². The second-order valence-corrected chi connectivity index (χ2v) is 8.42. The van der Waals surface area contributed by atoms with Crippen LogP contribution in [0.3, 0.4) is 0 Å². The summed E-state index contributed by atoms with van der Waals surface area (Å²) < 4.78 is 2.22. The highest BCUT2D eigenvalue weighted by atomic mass is 15.0. The molecule has 0 unspecified atom stereocenters. The maximum atomic E-state index is 4.81. The Morgan fingerprint density at radius 1 is 0.767 bits per heavy atom. The zero-order valence-corrected chi connectivity index (χ0v) is 17.0. The Morgan fingerprint density at radius 2 is 1.60 bits per heavy atom. The van der Waals surface area contributed by atoms with Crippen LogP contribution in [0.2, 0.25) is 0 Å². The van der Waals surface area contributed by atoms with Gasteiger partial charge < -0.3 is 4.57 Å². The van der Waals surface area contributed by atoms with E-state index >= 15 is 0 Å². The van der Waals surface area contributed by atoms with Crippen LogP contribution < -0.4 is 0 Å². The fourth-order valence-electron chi connectivity index (χ4n) is 4.85. The van der Waals surface area contributed by atoms with Crippen molar-refractivity contribution in [2.45, 2.75) is 19.3 Å². The van der Waals surface area contributed by atoms with E-state index in [-0.39, 0.29) is 5.41 Å². The van der Waals surface area contributed by atoms with Crippen molar-refractivity contribution in [2.75, 3.05) is 0 Å². The first kappa shape index (κ1) is 17.2. The number of hydrogen-bond acceptors (Lipinski definition) is 2. The second-order valence-electron chi connectivity index (χ2n) is 8.42. The molecule has 1 aliphatic carbocycles. The Balaban J connectivity index is 1.56. The molecule has 0 amide bonds. The summed E-state index contributed by atoms with van der Waals surface area (Å²) in [6.07, 6.45) is 7.70. The predicted molar refractivity (Wildman–Crippen MR) is 122 cm³/mol. The molecule has 0 radical (unpaired) electrons. The lowest BCUT2D eigenvalue weighted by molar-refractivity contribution is 0.661. The molecule has 1 aliphatic rings. The number of nitrogens with zero attached hydrogens (tertiary/aromatic N) is 3. The summed E-state index contributed by atoms with van der Waals surface area (Å²) in [4.78, 5) is 8.91. The van der Waals surface area contributed by atoms with Crippen LogP contribution in [0.15, 0.2) is 91.5 Å². The Morgan fingerprint density at radius 3 is 2.40 bits per heavy atom. The molecule has 0 saturated heterocycles. The molecule has 3 heterocycles. The third kappa shape index (κ3) is 2.32. The molecule has 3 nitrogen and oxygen atoms in total. The van der Waals surface area contributed by atoms with Crippen molar-refractivity contribution in [3.8, 4) is 28.1 Å². The van der Waals surface area contributed by atoms with Crippen molar-refractivity contribution in [2.24, 2.45) is 0 Å². The summed E-state index contributed by atoms with van der Waals surface area (Å²) in [5.41, 5.74) is 8.87. The lowest BCUT2D eigenvalue weighted by Gasteiger charge is -2.21. The summed E-state index contributed by atoms with van der Waals surface area (Å²) in [5, 5.41) is 1.24. The number of aromatic nitrogens is 3. The van der Waals surface area contributed by atoms with Crippen LogP contribution in [0.1, 0.15) is 25.0 Å². The van der Waals surface area contributed by atoms with Gasteiger partial charge in [0, 0.05) is 46.7 Å². The van der Waals surface area contributed by atoms with Gasteiger partial charge in [0.1, 0.15) is 5.82 Å². The molecular weight excluding hydrogens is 366 g/mol. The molecule has 3 heteroatoms. The van der Waals surface area contributed by atoms with Gasteiger partial charge in [-0.2, -0.15) is 0 Å². The Bertz CT molecular complexity index is 1390. The molecular formula is C27H21N3. The third-order valence-electron chi connectivity index (χ3n) is 6.40. The van der Waals surface area contributed by atoms with E-state index in [0.717, 1.165) is 16.9 Å². The first-order valence-corrected chi connectivity index (χ1v) is 10.3. The van der Waals surface area contributed by atoms with Gasteiger partial charge >= 0.3 is 0 Å². The van der Waals surface area contributed by atoms with Crippen LogP contribution in [-0.2, 0) is 5.41 Å². The van der Waals surface area contributed by atoms with Gasteiger partial charge in [0.2, 0.25) is 0 Å². The van der Waals surface area contributed by atoms with Crippen molar-refractivity contribution >= 4 is 10.9 Å². The van der Waals surface area contributed by atoms with Gasteiger partial charge in [-0.05, 0) is 52.6 Å². The molecule has 0 bridgehead atoms. The SMILES string of the molecule is CC1(C)c2ccccc2-c2c1ccc1ccn(-c3ccc(-c4ccncc4)cn3)c21. The summed E-state index contributed by atoms with van der Waals surface area (Å²) >= 11 is 0. The Labute approximate surface area is 175 Å². The molecule has 6 rings (SSSR count). The van der Waals surface area contributed by atoms with E-state index in [0.29, 0.717) is 0 Å². The Kier molecular flexibility index (Phi) is 3.51.